The summed E-state index contributed by atoms with van der Waals surface area (Å²) in [7, 11) is 1.55. The smallest absolute Gasteiger partial charge is 0.371 e. The van der Waals surface area contributed by atoms with Crippen LogP contribution in [0.2, 0.25) is 5.02 Å². The second-order valence-corrected chi connectivity index (χ2v) is 5.01. The maximum Gasteiger partial charge on any atom is 0.371 e. The number of methoxy groups -OCH3 is 1. The van der Waals surface area contributed by atoms with Gasteiger partial charge in [-0.2, -0.15) is 0 Å². The highest BCUT2D eigenvalue weighted by Crippen LogP contribution is 2.29. The molecule has 0 aliphatic rings. The topological polar surface area (TPSA) is 85.7 Å². The van der Waals surface area contributed by atoms with Crippen LogP contribution in [0.15, 0.2) is 34.7 Å². The Hall–Kier alpha value is -1.98. The number of hydrogen-bond acceptors (Lipinski definition) is 4. The highest BCUT2D eigenvalue weighted by molar-refractivity contribution is 6.32. The fourth-order valence-electron chi connectivity index (χ4n) is 2.12. The Bertz CT molecular complexity index is 638. The fourth-order valence-corrected chi connectivity index (χ4v) is 2.39. The number of halogens is 1. The van der Waals surface area contributed by atoms with E-state index in [9.17, 15) is 4.79 Å². The van der Waals surface area contributed by atoms with Crippen molar-refractivity contribution in [1.82, 2.24) is 0 Å². The molecule has 2 rings (SSSR count). The van der Waals surface area contributed by atoms with Crippen LogP contribution < -0.4 is 10.5 Å². The van der Waals surface area contributed by atoms with E-state index in [0.29, 0.717) is 29.5 Å². The lowest BCUT2D eigenvalue weighted by Crippen LogP contribution is -2.15. The molecule has 6 heteroatoms. The number of benzene rings is 1. The number of carboxylic acid groups (broad SMARTS) is 1. The van der Waals surface area contributed by atoms with Crippen molar-refractivity contribution < 1.29 is 19.1 Å². The second kappa shape index (κ2) is 6.65. The largest absolute Gasteiger partial charge is 0.495 e. The quantitative estimate of drug-likeness (QED) is 0.857. The van der Waals surface area contributed by atoms with Gasteiger partial charge in [0, 0.05) is 12.3 Å². The van der Waals surface area contributed by atoms with Gasteiger partial charge in [-0.05, 0) is 36.4 Å². The zero-order chi connectivity index (χ0) is 15.4. The standard InChI is InChI=1S/C15H16ClNO4/c1-20-13-4-2-9(7-12(13)16)10(8-17)6-11-3-5-14(21-11)15(18)19/h2-5,7,10H,6,8,17H2,1H3,(H,18,19). The third-order valence-electron chi connectivity index (χ3n) is 3.25. The first-order chi connectivity index (χ1) is 10.0. The molecule has 0 radical (unpaired) electrons. The molecule has 0 saturated heterocycles. The van der Waals surface area contributed by atoms with E-state index < -0.39 is 5.97 Å². The highest BCUT2D eigenvalue weighted by atomic mass is 35.5. The minimum Gasteiger partial charge on any atom is -0.495 e. The molecule has 5 nitrogen and oxygen atoms in total. The van der Waals surface area contributed by atoms with Crippen molar-refractivity contribution in [2.24, 2.45) is 5.73 Å². The molecule has 21 heavy (non-hydrogen) atoms. The van der Waals surface area contributed by atoms with E-state index in [-0.39, 0.29) is 11.7 Å². The maximum absolute atomic E-state index is 10.8. The van der Waals surface area contributed by atoms with Gasteiger partial charge in [0.1, 0.15) is 11.5 Å². The van der Waals surface area contributed by atoms with Gasteiger partial charge in [-0.25, -0.2) is 4.79 Å². The number of furan rings is 1. The Kier molecular flexibility index (Phi) is 4.88. The second-order valence-electron chi connectivity index (χ2n) is 4.60. The molecular weight excluding hydrogens is 294 g/mol. The molecule has 1 heterocycles. The van der Waals surface area contributed by atoms with Crippen LogP contribution in [0, 0.1) is 0 Å². The molecule has 3 N–H and O–H groups in total. The van der Waals surface area contributed by atoms with Crippen molar-refractivity contribution in [1.29, 1.82) is 0 Å². The number of nitrogens with two attached hydrogens (primary N) is 1. The summed E-state index contributed by atoms with van der Waals surface area (Å²) in [5, 5.41) is 9.36. The Morgan fingerprint density at radius 1 is 1.43 bits per heavy atom. The average Bonchev–Trinajstić information content (AvgIpc) is 2.93. The van der Waals surface area contributed by atoms with Crippen LogP contribution in [0.3, 0.4) is 0 Å². The van der Waals surface area contributed by atoms with Gasteiger partial charge in [-0.1, -0.05) is 17.7 Å². The molecule has 0 spiro atoms. The van der Waals surface area contributed by atoms with Crippen LogP contribution in [0.1, 0.15) is 27.8 Å². The molecule has 0 fully saturated rings. The highest BCUT2D eigenvalue weighted by Gasteiger charge is 2.16. The van der Waals surface area contributed by atoms with Crippen LogP contribution in [0.25, 0.3) is 0 Å². The first-order valence-corrected chi connectivity index (χ1v) is 6.78. The Balaban J connectivity index is 2.19. The minimum absolute atomic E-state index is 0.0128. The Morgan fingerprint density at radius 2 is 2.19 bits per heavy atom. The van der Waals surface area contributed by atoms with Crippen molar-refractivity contribution in [3.8, 4) is 5.75 Å². The summed E-state index contributed by atoms with van der Waals surface area (Å²) in [5.41, 5.74) is 6.76. The molecule has 0 amide bonds. The molecule has 1 aromatic carbocycles. The average molecular weight is 310 g/mol. The van der Waals surface area contributed by atoms with Crippen molar-refractivity contribution in [3.63, 3.8) is 0 Å². The van der Waals surface area contributed by atoms with Gasteiger partial charge in [0.15, 0.2) is 0 Å². The SMILES string of the molecule is COc1ccc(C(CN)Cc2ccc(C(=O)O)o2)cc1Cl. The minimum atomic E-state index is -1.09. The van der Waals surface area contributed by atoms with Gasteiger partial charge in [0.25, 0.3) is 0 Å². The predicted molar refractivity (Wildman–Crippen MR) is 79.2 cm³/mol. The molecule has 112 valence electrons. The molecular formula is C15H16ClNO4. The fraction of sp³-hybridized carbons (Fsp3) is 0.267. The van der Waals surface area contributed by atoms with Crippen molar-refractivity contribution in [3.05, 3.63) is 52.4 Å². The van der Waals surface area contributed by atoms with Crippen molar-refractivity contribution in [2.75, 3.05) is 13.7 Å². The molecule has 0 aliphatic heterocycles. The van der Waals surface area contributed by atoms with Crippen LogP contribution >= 0.6 is 11.6 Å². The van der Waals surface area contributed by atoms with Crippen LogP contribution in [0.4, 0.5) is 0 Å². The zero-order valence-electron chi connectivity index (χ0n) is 11.5. The van der Waals surface area contributed by atoms with Gasteiger partial charge in [-0.3, -0.25) is 0 Å². The summed E-state index contributed by atoms with van der Waals surface area (Å²) in [4.78, 5) is 10.8. The Morgan fingerprint density at radius 3 is 2.71 bits per heavy atom. The van der Waals surface area contributed by atoms with Gasteiger partial charge >= 0.3 is 5.97 Å². The van der Waals surface area contributed by atoms with E-state index in [1.165, 1.54) is 6.07 Å². The third kappa shape index (κ3) is 3.56. The summed E-state index contributed by atoms with van der Waals surface area (Å²) in [6, 6.07) is 8.57. The third-order valence-corrected chi connectivity index (χ3v) is 3.55. The monoisotopic (exact) mass is 309 g/mol. The van der Waals surface area contributed by atoms with E-state index in [2.05, 4.69) is 0 Å². The number of carbonyl (C=O) groups is 1. The molecule has 2 aromatic rings. The summed E-state index contributed by atoms with van der Waals surface area (Å²) in [6.45, 7) is 0.395. The summed E-state index contributed by atoms with van der Waals surface area (Å²) in [5.74, 6) is 0.00455. The van der Waals surface area contributed by atoms with Crippen LogP contribution in [0.5, 0.6) is 5.75 Å². The van der Waals surface area contributed by atoms with E-state index in [4.69, 9.17) is 31.6 Å². The number of carboxylic acids is 1. The van der Waals surface area contributed by atoms with Crippen LogP contribution in [-0.4, -0.2) is 24.7 Å². The maximum atomic E-state index is 10.8. The molecule has 0 bridgehead atoms. The molecule has 0 saturated carbocycles. The molecule has 1 aromatic heterocycles. The first kappa shape index (κ1) is 15.4. The van der Waals surface area contributed by atoms with E-state index in [1.54, 1.807) is 25.3 Å². The molecule has 0 aliphatic carbocycles. The first-order valence-electron chi connectivity index (χ1n) is 6.40. The van der Waals surface area contributed by atoms with Crippen LogP contribution in [-0.2, 0) is 6.42 Å². The molecule has 1 atom stereocenters. The van der Waals surface area contributed by atoms with E-state index >= 15 is 0 Å². The summed E-state index contributed by atoms with van der Waals surface area (Å²) in [6.07, 6.45) is 0.506. The number of ether oxygens (including phenoxy) is 1. The van der Waals surface area contributed by atoms with Crippen molar-refractivity contribution >= 4 is 17.6 Å². The van der Waals surface area contributed by atoms with Gasteiger partial charge < -0.3 is 20.0 Å². The van der Waals surface area contributed by atoms with Crippen molar-refractivity contribution in [2.45, 2.75) is 12.3 Å². The number of hydrogen-bond donors (Lipinski definition) is 2. The lowest BCUT2D eigenvalue weighted by Gasteiger charge is -2.15. The lowest BCUT2D eigenvalue weighted by molar-refractivity contribution is 0.0660. The normalized spacial score (nSPS) is 12.1. The summed E-state index contributed by atoms with van der Waals surface area (Å²) < 4.78 is 10.4. The zero-order valence-corrected chi connectivity index (χ0v) is 12.3. The lowest BCUT2D eigenvalue weighted by atomic mass is 9.94. The van der Waals surface area contributed by atoms with Gasteiger partial charge in [0.2, 0.25) is 5.76 Å². The predicted octanol–water partition coefficient (Wildman–Crippen LogP) is 2.92. The van der Waals surface area contributed by atoms with Gasteiger partial charge in [-0.15, -0.1) is 0 Å². The van der Waals surface area contributed by atoms with E-state index in [1.807, 2.05) is 6.07 Å². The van der Waals surface area contributed by atoms with E-state index in [0.717, 1.165) is 5.56 Å². The Labute approximate surface area is 127 Å². The summed E-state index contributed by atoms with van der Waals surface area (Å²) >= 11 is 6.11. The molecule has 1 unspecified atom stereocenters. The number of aromatic carboxylic acids is 1. The van der Waals surface area contributed by atoms with Gasteiger partial charge in [0.05, 0.1) is 12.1 Å². The number of rotatable bonds is 6.